The molecule has 112 valence electrons. The summed E-state index contributed by atoms with van der Waals surface area (Å²) in [5.41, 5.74) is 6.32. The van der Waals surface area contributed by atoms with Crippen LogP contribution in [0.5, 0.6) is 5.75 Å². The first-order chi connectivity index (χ1) is 9.54. The number of aliphatic hydroxyl groups is 2. The highest BCUT2D eigenvalue weighted by atomic mass is 16.5. The van der Waals surface area contributed by atoms with Crippen LogP contribution in [0, 0.1) is 5.92 Å². The van der Waals surface area contributed by atoms with Crippen LogP contribution in [-0.2, 0) is 0 Å². The molecule has 0 spiro atoms. The van der Waals surface area contributed by atoms with E-state index >= 15 is 0 Å². The number of aliphatic hydroxyl groups excluding tert-OH is 2. The van der Waals surface area contributed by atoms with Crippen molar-refractivity contribution in [3.05, 3.63) is 24.3 Å². The summed E-state index contributed by atoms with van der Waals surface area (Å²) in [6.07, 6.45) is 0.00931. The Balaban J connectivity index is 1.74. The van der Waals surface area contributed by atoms with Gasteiger partial charge in [0.05, 0.1) is 6.10 Å². The number of nitrogen functional groups attached to an aromatic ring is 1. The Morgan fingerprint density at radius 3 is 3.00 bits per heavy atom. The Kier molecular flexibility index (Phi) is 5.23. The number of nitrogens with two attached hydrogens (primary N) is 1. The molecule has 1 heterocycles. The maximum Gasteiger partial charge on any atom is 0.121 e. The normalized spacial score (nSPS) is 25.4. The number of nitrogens with zero attached hydrogens (tertiary/aromatic N) is 1. The van der Waals surface area contributed by atoms with Gasteiger partial charge in [-0.05, 0) is 24.5 Å². The summed E-state index contributed by atoms with van der Waals surface area (Å²) in [4.78, 5) is 2.17. The van der Waals surface area contributed by atoms with Crippen molar-refractivity contribution in [3.8, 4) is 5.75 Å². The third kappa shape index (κ3) is 4.37. The molecular formula is C15H24N2O3. The van der Waals surface area contributed by atoms with Crippen LogP contribution in [-0.4, -0.2) is 53.6 Å². The molecule has 3 unspecified atom stereocenters. The minimum absolute atomic E-state index is 0.216. The maximum absolute atomic E-state index is 10.0. The van der Waals surface area contributed by atoms with Gasteiger partial charge in [0.2, 0.25) is 0 Å². The molecular weight excluding hydrogens is 256 g/mol. The lowest BCUT2D eigenvalue weighted by molar-refractivity contribution is 0.00584. The van der Waals surface area contributed by atoms with Gasteiger partial charge in [-0.1, -0.05) is 13.0 Å². The molecule has 5 heteroatoms. The van der Waals surface area contributed by atoms with E-state index in [1.165, 1.54) is 0 Å². The summed E-state index contributed by atoms with van der Waals surface area (Å²) in [7, 11) is 0. The summed E-state index contributed by atoms with van der Waals surface area (Å²) in [6, 6.07) is 7.18. The zero-order chi connectivity index (χ0) is 14.5. The van der Waals surface area contributed by atoms with Crippen molar-refractivity contribution >= 4 is 5.69 Å². The fourth-order valence-electron chi connectivity index (χ4n) is 2.53. The second-order valence-electron chi connectivity index (χ2n) is 5.63. The minimum Gasteiger partial charge on any atom is -0.491 e. The lowest BCUT2D eigenvalue weighted by atomic mass is 9.96. The van der Waals surface area contributed by atoms with Crippen LogP contribution in [0.25, 0.3) is 0 Å². The molecule has 0 bridgehead atoms. The summed E-state index contributed by atoms with van der Waals surface area (Å²) in [5.74, 6) is 0.928. The van der Waals surface area contributed by atoms with Crippen molar-refractivity contribution < 1.29 is 14.9 Å². The molecule has 0 saturated carbocycles. The van der Waals surface area contributed by atoms with Gasteiger partial charge in [-0.15, -0.1) is 0 Å². The first kappa shape index (κ1) is 15.1. The van der Waals surface area contributed by atoms with E-state index in [9.17, 15) is 10.2 Å². The van der Waals surface area contributed by atoms with Gasteiger partial charge in [-0.3, -0.25) is 0 Å². The van der Waals surface area contributed by atoms with E-state index in [1.807, 2.05) is 19.1 Å². The Morgan fingerprint density at radius 2 is 2.30 bits per heavy atom. The van der Waals surface area contributed by atoms with Gasteiger partial charge in [0.1, 0.15) is 18.5 Å². The van der Waals surface area contributed by atoms with E-state index in [2.05, 4.69) is 4.90 Å². The van der Waals surface area contributed by atoms with Crippen molar-refractivity contribution in [1.29, 1.82) is 0 Å². The zero-order valence-corrected chi connectivity index (χ0v) is 11.9. The van der Waals surface area contributed by atoms with Crippen molar-refractivity contribution in [1.82, 2.24) is 4.90 Å². The van der Waals surface area contributed by atoms with Crippen LogP contribution >= 0.6 is 0 Å². The summed E-state index contributed by atoms with van der Waals surface area (Å²) >= 11 is 0. The van der Waals surface area contributed by atoms with Crippen LogP contribution < -0.4 is 10.5 Å². The number of rotatable bonds is 5. The second-order valence-corrected chi connectivity index (χ2v) is 5.63. The molecule has 0 aromatic heterocycles. The number of likely N-dealkylation sites (tertiary alicyclic amines) is 1. The third-order valence-corrected chi connectivity index (χ3v) is 3.71. The topological polar surface area (TPSA) is 79.0 Å². The number of ether oxygens (including phenoxy) is 1. The highest BCUT2D eigenvalue weighted by Gasteiger charge is 2.25. The van der Waals surface area contributed by atoms with Gasteiger partial charge in [-0.2, -0.15) is 0 Å². The molecule has 3 atom stereocenters. The molecule has 0 aliphatic carbocycles. The Labute approximate surface area is 120 Å². The molecule has 1 aliphatic heterocycles. The fraction of sp³-hybridized carbons (Fsp3) is 0.600. The van der Waals surface area contributed by atoms with Crippen molar-refractivity contribution in [2.75, 3.05) is 32.0 Å². The Morgan fingerprint density at radius 1 is 1.50 bits per heavy atom. The highest BCUT2D eigenvalue weighted by Crippen LogP contribution is 2.17. The standard InChI is InChI=1S/C15H24N2O3/c1-11-8-17(6-5-15(11)19)9-13(18)10-20-14-4-2-3-12(16)7-14/h2-4,7,11,13,15,18-19H,5-6,8-10,16H2,1H3. The number of hydrogen-bond acceptors (Lipinski definition) is 5. The molecule has 1 aromatic carbocycles. The van der Waals surface area contributed by atoms with Crippen molar-refractivity contribution in [3.63, 3.8) is 0 Å². The predicted octanol–water partition coefficient (Wildman–Crippen LogP) is 0.711. The first-order valence-electron chi connectivity index (χ1n) is 7.11. The molecule has 1 aromatic rings. The second kappa shape index (κ2) is 6.92. The largest absolute Gasteiger partial charge is 0.491 e. The SMILES string of the molecule is CC1CN(CC(O)COc2cccc(N)c2)CCC1O. The van der Waals surface area contributed by atoms with E-state index in [0.29, 0.717) is 18.0 Å². The smallest absolute Gasteiger partial charge is 0.121 e. The number of benzene rings is 1. The van der Waals surface area contributed by atoms with E-state index in [0.717, 1.165) is 19.5 Å². The summed E-state index contributed by atoms with van der Waals surface area (Å²) in [6.45, 7) is 4.49. The van der Waals surface area contributed by atoms with E-state index in [-0.39, 0.29) is 18.6 Å². The molecule has 4 N–H and O–H groups in total. The Hall–Kier alpha value is -1.30. The van der Waals surface area contributed by atoms with Gasteiger partial charge >= 0.3 is 0 Å². The van der Waals surface area contributed by atoms with Gasteiger partial charge in [0.25, 0.3) is 0 Å². The molecule has 2 rings (SSSR count). The molecule has 1 saturated heterocycles. The summed E-state index contributed by atoms with van der Waals surface area (Å²) in [5, 5.41) is 19.7. The van der Waals surface area contributed by atoms with Gasteiger partial charge in [0, 0.05) is 31.4 Å². The molecule has 0 radical (unpaired) electrons. The quantitative estimate of drug-likeness (QED) is 0.692. The van der Waals surface area contributed by atoms with E-state index < -0.39 is 6.10 Å². The highest BCUT2D eigenvalue weighted by molar-refractivity contribution is 5.43. The van der Waals surface area contributed by atoms with Crippen molar-refractivity contribution in [2.24, 2.45) is 5.92 Å². The minimum atomic E-state index is -0.543. The van der Waals surface area contributed by atoms with Crippen LogP contribution in [0.15, 0.2) is 24.3 Å². The predicted molar refractivity (Wildman–Crippen MR) is 78.6 cm³/mol. The monoisotopic (exact) mass is 280 g/mol. The first-order valence-corrected chi connectivity index (χ1v) is 7.11. The fourth-order valence-corrected chi connectivity index (χ4v) is 2.53. The Bertz CT molecular complexity index is 427. The average molecular weight is 280 g/mol. The van der Waals surface area contributed by atoms with Crippen molar-refractivity contribution in [2.45, 2.75) is 25.6 Å². The molecule has 1 fully saturated rings. The molecule has 0 amide bonds. The number of β-amino-alcohol motifs (C(OH)–C–C–N with tert-alkyl or cyclic N) is 1. The number of anilines is 1. The van der Waals surface area contributed by atoms with Gasteiger partial charge in [0.15, 0.2) is 0 Å². The zero-order valence-electron chi connectivity index (χ0n) is 11.9. The number of hydrogen-bond donors (Lipinski definition) is 3. The molecule has 1 aliphatic rings. The lowest BCUT2D eigenvalue weighted by Gasteiger charge is -2.35. The average Bonchev–Trinajstić information content (AvgIpc) is 2.41. The van der Waals surface area contributed by atoms with E-state index in [1.54, 1.807) is 12.1 Å². The lowest BCUT2D eigenvalue weighted by Crippen LogP contribution is -2.45. The number of piperidine rings is 1. The molecule has 20 heavy (non-hydrogen) atoms. The van der Waals surface area contributed by atoms with Crippen LogP contribution in [0.4, 0.5) is 5.69 Å². The maximum atomic E-state index is 10.0. The molecule has 5 nitrogen and oxygen atoms in total. The van der Waals surface area contributed by atoms with Crippen LogP contribution in [0.3, 0.4) is 0 Å². The summed E-state index contributed by atoms with van der Waals surface area (Å²) < 4.78 is 5.53. The van der Waals surface area contributed by atoms with Crippen LogP contribution in [0.2, 0.25) is 0 Å². The van der Waals surface area contributed by atoms with Gasteiger partial charge < -0.3 is 25.6 Å². The van der Waals surface area contributed by atoms with Gasteiger partial charge in [-0.25, -0.2) is 0 Å². The van der Waals surface area contributed by atoms with Crippen LogP contribution in [0.1, 0.15) is 13.3 Å². The van der Waals surface area contributed by atoms with E-state index in [4.69, 9.17) is 10.5 Å². The third-order valence-electron chi connectivity index (χ3n) is 3.71.